The van der Waals surface area contributed by atoms with Crippen LogP contribution in [0.15, 0.2) is 52.4 Å². The van der Waals surface area contributed by atoms with Crippen molar-refractivity contribution in [3.63, 3.8) is 0 Å². The quantitative estimate of drug-likeness (QED) is 0.0838. The molecule has 4 rings (SSSR count). The Hall–Kier alpha value is -4.39. The van der Waals surface area contributed by atoms with E-state index in [0.717, 1.165) is 11.1 Å². The third kappa shape index (κ3) is 6.44. The minimum absolute atomic E-state index is 0.0527. The van der Waals surface area contributed by atoms with Gasteiger partial charge >= 0.3 is 11.7 Å². The molecule has 2 amide bonds. The number of fused-ring (bicyclic) bond motifs is 2. The Bertz CT molecular complexity index is 1390. The van der Waals surface area contributed by atoms with Gasteiger partial charge < -0.3 is 36.9 Å². The molecular formula is C24H28N8O4S. The summed E-state index contributed by atoms with van der Waals surface area (Å²) in [5.41, 5.74) is 13.4. The van der Waals surface area contributed by atoms with Crippen molar-refractivity contribution >= 4 is 41.8 Å². The maximum Gasteiger partial charge on any atom is 0.349 e. The van der Waals surface area contributed by atoms with Crippen LogP contribution in [0.3, 0.4) is 0 Å². The molecule has 0 fully saturated rings. The second-order valence-electron chi connectivity index (χ2n) is 8.14. The number of aromatic nitrogens is 2. The number of ether oxygens (including phenoxy) is 2. The zero-order valence-corrected chi connectivity index (χ0v) is 21.0. The third-order valence-electron chi connectivity index (χ3n) is 5.38. The van der Waals surface area contributed by atoms with E-state index in [2.05, 4.69) is 38.6 Å². The van der Waals surface area contributed by atoms with Crippen molar-refractivity contribution in [2.75, 3.05) is 30.3 Å². The standard InChI is InChI=1S/C24H28N8O4S/c1-14-5-6-15(13-37)16(11-14)29-23(33)28-8-10-35-17-3-2-4-18-20(17)30-21-19(36-18)12-32(24(34)31-21)9-7-27-22(25)26/h2-6,11-12,37H,7-10,13H2,1H3,(H4,25,26,27)(H2,28,29,33)(H,30,31,34). The van der Waals surface area contributed by atoms with Gasteiger partial charge in [-0.2, -0.15) is 17.6 Å². The van der Waals surface area contributed by atoms with Gasteiger partial charge in [-0.1, -0.05) is 18.2 Å². The zero-order valence-electron chi connectivity index (χ0n) is 20.2. The maximum absolute atomic E-state index is 12.4. The molecule has 13 heteroatoms. The van der Waals surface area contributed by atoms with E-state index in [-0.39, 0.29) is 44.0 Å². The Morgan fingerprint density at radius 3 is 2.89 bits per heavy atom. The lowest BCUT2D eigenvalue weighted by molar-refractivity contribution is 0.247. The van der Waals surface area contributed by atoms with Crippen molar-refractivity contribution in [3.8, 4) is 17.2 Å². The fourth-order valence-corrected chi connectivity index (χ4v) is 3.87. The third-order valence-corrected chi connectivity index (χ3v) is 5.72. The van der Waals surface area contributed by atoms with Crippen LogP contribution in [0, 0.1) is 6.92 Å². The topological polar surface area (TPSA) is 171 Å². The van der Waals surface area contributed by atoms with Gasteiger partial charge in [0.1, 0.15) is 18.0 Å². The Morgan fingerprint density at radius 1 is 1.27 bits per heavy atom. The molecule has 0 bridgehead atoms. The van der Waals surface area contributed by atoms with Crippen molar-refractivity contribution in [2.45, 2.75) is 19.2 Å². The van der Waals surface area contributed by atoms with E-state index < -0.39 is 5.69 Å². The summed E-state index contributed by atoms with van der Waals surface area (Å²) < 4.78 is 13.2. The van der Waals surface area contributed by atoms with Crippen LogP contribution < -0.4 is 42.6 Å². The van der Waals surface area contributed by atoms with Crippen molar-refractivity contribution in [1.29, 1.82) is 0 Å². The van der Waals surface area contributed by atoms with Crippen LogP contribution in [0.25, 0.3) is 0 Å². The predicted molar refractivity (Wildman–Crippen MR) is 145 cm³/mol. The van der Waals surface area contributed by atoms with Crippen LogP contribution in [0.5, 0.6) is 17.2 Å². The van der Waals surface area contributed by atoms with Gasteiger partial charge in [0.05, 0.1) is 19.3 Å². The highest BCUT2D eigenvalue weighted by Crippen LogP contribution is 2.44. The van der Waals surface area contributed by atoms with Crippen molar-refractivity contribution in [2.24, 2.45) is 16.5 Å². The predicted octanol–water partition coefficient (Wildman–Crippen LogP) is 2.30. The second kappa shape index (κ2) is 11.6. The molecule has 0 aliphatic carbocycles. The first-order chi connectivity index (χ1) is 17.8. The van der Waals surface area contributed by atoms with Crippen molar-refractivity contribution in [1.82, 2.24) is 14.9 Å². The van der Waals surface area contributed by atoms with Gasteiger partial charge in [-0.15, -0.1) is 0 Å². The summed E-state index contributed by atoms with van der Waals surface area (Å²) in [6, 6.07) is 10.8. The molecule has 0 unspecified atom stereocenters. The Morgan fingerprint density at radius 2 is 2.11 bits per heavy atom. The summed E-state index contributed by atoms with van der Waals surface area (Å²) in [4.78, 5) is 32.7. The van der Waals surface area contributed by atoms with E-state index in [1.54, 1.807) is 24.4 Å². The molecule has 1 aliphatic rings. The number of aliphatic imine (C=N–C) groups is 1. The minimum Gasteiger partial charge on any atom is -0.489 e. The number of hydrogen-bond donors (Lipinski definition) is 6. The second-order valence-corrected chi connectivity index (χ2v) is 8.46. The first kappa shape index (κ1) is 25.7. The fraction of sp³-hybridized carbons (Fsp3) is 0.250. The molecule has 0 spiro atoms. The van der Waals surface area contributed by atoms with Gasteiger partial charge in [-0.25, -0.2) is 9.59 Å². The highest BCUT2D eigenvalue weighted by molar-refractivity contribution is 7.79. The first-order valence-corrected chi connectivity index (χ1v) is 12.1. The summed E-state index contributed by atoms with van der Waals surface area (Å²) in [5, 5.41) is 8.72. The van der Waals surface area contributed by atoms with E-state index in [1.165, 1.54) is 4.57 Å². The number of anilines is 3. The van der Waals surface area contributed by atoms with Crippen LogP contribution in [0.2, 0.25) is 0 Å². The van der Waals surface area contributed by atoms with Gasteiger partial charge in [-0.05, 0) is 36.2 Å². The number of urea groups is 1. The van der Waals surface area contributed by atoms with Gasteiger partial charge in [-0.3, -0.25) is 9.56 Å². The molecule has 2 heterocycles. The number of benzene rings is 2. The first-order valence-electron chi connectivity index (χ1n) is 11.5. The van der Waals surface area contributed by atoms with Crippen LogP contribution >= 0.6 is 12.6 Å². The number of thiol groups is 1. The molecule has 0 saturated heterocycles. The molecule has 0 saturated carbocycles. The Kier molecular flexibility index (Phi) is 8.03. The average Bonchev–Trinajstić information content (AvgIpc) is 2.86. The molecule has 37 heavy (non-hydrogen) atoms. The highest BCUT2D eigenvalue weighted by atomic mass is 32.1. The van der Waals surface area contributed by atoms with E-state index in [9.17, 15) is 9.59 Å². The molecule has 12 nitrogen and oxygen atoms in total. The number of carbonyl (C=O) groups excluding carboxylic acids is 1. The molecule has 3 aromatic rings. The molecule has 1 aliphatic heterocycles. The number of rotatable bonds is 9. The van der Waals surface area contributed by atoms with Gasteiger partial charge in [0.2, 0.25) is 0 Å². The summed E-state index contributed by atoms with van der Waals surface area (Å²) >= 11 is 4.31. The van der Waals surface area contributed by atoms with Crippen LogP contribution in [0.1, 0.15) is 11.1 Å². The number of para-hydroxylation sites is 1. The number of aryl methyl sites for hydroxylation is 1. The maximum atomic E-state index is 12.4. The molecule has 7 N–H and O–H groups in total. The average molecular weight is 525 g/mol. The molecule has 194 valence electrons. The number of hydrogen-bond acceptors (Lipinski definition) is 8. The SMILES string of the molecule is Cc1ccc(CS)c(NC(=O)NCCOc2cccc3c2Nc2nc(=O)n(CCN=C(N)N)cc2O3)c1. The minimum atomic E-state index is -0.479. The summed E-state index contributed by atoms with van der Waals surface area (Å²) in [5.74, 6) is 2.09. The van der Waals surface area contributed by atoms with Gasteiger partial charge in [0, 0.05) is 18.0 Å². The van der Waals surface area contributed by atoms with E-state index >= 15 is 0 Å². The molecule has 0 atom stereocenters. The van der Waals surface area contributed by atoms with Crippen LogP contribution in [-0.2, 0) is 12.3 Å². The molecule has 2 aromatic carbocycles. The summed E-state index contributed by atoms with van der Waals surface area (Å²) in [6.07, 6.45) is 1.55. The molecular weight excluding hydrogens is 496 g/mol. The monoisotopic (exact) mass is 524 g/mol. The smallest absolute Gasteiger partial charge is 0.349 e. The lowest BCUT2D eigenvalue weighted by Crippen LogP contribution is -2.32. The largest absolute Gasteiger partial charge is 0.489 e. The summed E-state index contributed by atoms with van der Waals surface area (Å²) in [6.45, 7) is 2.89. The van der Waals surface area contributed by atoms with Crippen molar-refractivity contribution in [3.05, 3.63) is 64.2 Å². The molecule has 1 aromatic heterocycles. The lowest BCUT2D eigenvalue weighted by Gasteiger charge is -2.23. The Balaban J connectivity index is 1.35. The number of amides is 2. The van der Waals surface area contributed by atoms with E-state index in [1.807, 2.05) is 25.1 Å². The number of nitrogens with two attached hydrogens (primary N) is 2. The Labute approximate surface area is 218 Å². The van der Waals surface area contributed by atoms with Gasteiger partial charge in [0.15, 0.2) is 23.3 Å². The summed E-state index contributed by atoms with van der Waals surface area (Å²) in [7, 11) is 0. The normalized spacial score (nSPS) is 11.3. The van der Waals surface area contributed by atoms with Gasteiger partial charge in [0.25, 0.3) is 0 Å². The number of nitrogens with zero attached hydrogens (tertiary/aromatic N) is 3. The number of guanidine groups is 1. The van der Waals surface area contributed by atoms with Crippen molar-refractivity contribution < 1.29 is 14.3 Å². The zero-order chi connectivity index (χ0) is 26.4. The van der Waals surface area contributed by atoms with E-state index in [0.29, 0.717) is 34.4 Å². The van der Waals surface area contributed by atoms with E-state index in [4.69, 9.17) is 20.9 Å². The van der Waals surface area contributed by atoms with Crippen LogP contribution in [-0.4, -0.2) is 41.2 Å². The number of nitrogens with one attached hydrogen (secondary N) is 3. The highest BCUT2D eigenvalue weighted by Gasteiger charge is 2.22. The number of carbonyl (C=O) groups is 1. The van der Waals surface area contributed by atoms with Crippen LogP contribution in [0.4, 0.5) is 22.0 Å². The lowest BCUT2D eigenvalue weighted by atomic mass is 10.1. The fourth-order valence-electron chi connectivity index (χ4n) is 3.60. The molecule has 0 radical (unpaired) electrons.